The summed E-state index contributed by atoms with van der Waals surface area (Å²) in [5.41, 5.74) is 1.91. The first-order chi connectivity index (χ1) is 14.2. The third-order valence-corrected chi connectivity index (χ3v) is 6.38. The highest BCUT2D eigenvalue weighted by Crippen LogP contribution is 2.27. The number of benzene rings is 1. The predicted molar refractivity (Wildman–Crippen MR) is 120 cm³/mol. The molecular weight excluding hydrogens is 422 g/mol. The Morgan fingerprint density at radius 3 is 2.30 bits per heavy atom. The molecular formula is C20H25N5O3S2. The number of amides is 1. The number of hydrogen-bond donors (Lipinski definition) is 3. The molecule has 3 rings (SSSR count). The second-order valence-electron chi connectivity index (χ2n) is 7.46. The van der Waals surface area contributed by atoms with E-state index in [0.29, 0.717) is 29.4 Å². The molecule has 1 aliphatic carbocycles. The van der Waals surface area contributed by atoms with Crippen molar-refractivity contribution in [3.8, 4) is 0 Å². The number of anilines is 2. The van der Waals surface area contributed by atoms with Crippen LogP contribution in [-0.4, -0.2) is 29.4 Å². The minimum Gasteiger partial charge on any atom is -0.332 e. The number of rotatable bonds is 6. The highest BCUT2D eigenvalue weighted by Gasteiger charge is 2.19. The van der Waals surface area contributed by atoms with E-state index in [4.69, 9.17) is 12.2 Å². The smallest absolute Gasteiger partial charge is 0.264 e. The van der Waals surface area contributed by atoms with Gasteiger partial charge in [0.15, 0.2) is 5.11 Å². The van der Waals surface area contributed by atoms with Gasteiger partial charge >= 0.3 is 0 Å². The van der Waals surface area contributed by atoms with E-state index in [2.05, 4.69) is 25.3 Å². The first-order valence-corrected chi connectivity index (χ1v) is 11.7. The molecule has 0 aliphatic heterocycles. The standard InChI is InChI=1S/C20H25N5O3S2/c1-13-11-14(2)22-19(21-13)25-30(27,28)17-9-7-16(8-10-17)23-20(29)24-18(26)12-15-5-3-4-6-15/h7-11,15H,3-6,12H2,1-2H3,(H,21,22,25)(H2,23,24,26,29). The first kappa shape index (κ1) is 22.1. The number of hydrogen-bond acceptors (Lipinski definition) is 6. The number of carbonyl (C=O) groups excluding carboxylic acids is 1. The van der Waals surface area contributed by atoms with E-state index in [1.54, 1.807) is 32.0 Å². The van der Waals surface area contributed by atoms with E-state index in [-0.39, 0.29) is 21.9 Å². The van der Waals surface area contributed by atoms with Gasteiger partial charge in [0.1, 0.15) is 0 Å². The quantitative estimate of drug-likeness (QED) is 0.582. The minimum absolute atomic E-state index is 0.0286. The lowest BCUT2D eigenvalue weighted by Gasteiger charge is -2.12. The molecule has 2 aromatic rings. The highest BCUT2D eigenvalue weighted by atomic mass is 32.2. The zero-order chi connectivity index (χ0) is 21.7. The number of sulfonamides is 1. The SMILES string of the molecule is Cc1cc(C)nc(NS(=O)(=O)c2ccc(NC(=S)NC(=O)CC3CCCC3)cc2)n1. The fraction of sp³-hybridized carbons (Fsp3) is 0.400. The maximum absolute atomic E-state index is 12.6. The van der Waals surface area contributed by atoms with Crippen molar-refractivity contribution in [3.63, 3.8) is 0 Å². The summed E-state index contributed by atoms with van der Waals surface area (Å²) >= 11 is 5.18. The number of nitrogens with one attached hydrogen (secondary N) is 3. The van der Waals surface area contributed by atoms with Gasteiger partial charge in [0, 0.05) is 23.5 Å². The maximum atomic E-state index is 12.6. The third-order valence-electron chi connectivity index (χ3n) is 4.83. The van der Waals surface area contributed by atoms with Crippen LogP contribution < -0.4 is 15.4 Å². The van der Waals surface area contributed by atoms with Gasteiger partial charge in [0.25, 0.3) is 10.0 Å². The van der Waals surface area contributed by atoms with Gasteiger partial charge in [-0.25, -0.2) is 23.1 Å². The summed E-state index contributed by atoms with van der Waals surface area (Å²) in [6, 6.07) is 7.79. The van der Waals surface area contributed by atoms with Crippen LogP contribution >= 0.6 is 12.2 Å². The molecule has 3 N–H and O–H groups in total. The molecule has 1 aromatic heterocycles. The van der Waals surface area contributed by atoms with Crippen molar-refractivity contribution in [2.45, 2.75) is 50.8 Å². The molecule has 1 aliphatic rings. The second kappa shape index (κ2) is 9.48. The van der Waals surface area contributed by atoms with Crippen LogP contribution in [0, 0.1) is 19.8 Å². The average molecular weight is 448 g/mol. The normalized spacial score (nSPS) is 14.3. The van der Waals surface area contributed by atoms with Crippen LogP contribution in [0.1, 0.15) is 43.5 Å². The van der Waals surface area contributed by atoms with Gasteiger partial charge in [-0.1, -0.05) is 12.8 Å². The Kier molecular flexibility index (Phi) is 6.99. The number of aryl methyl sites for hydroxylation is 2. The minimum atomic E-state index is -3.83. The Bertz CT molecular complexity index is 1010. The number of aromatic nitrogens is 2. The van der Waals surface area contributed by atoms with Crippen molar-refractivity contribution in [1.82, 2.24) is 15.3 Å². The van der Waals surface area contributed by atoms with Crippen LogP contribution in [0.15, 0.2) is 35.2 Å². The van der Waals surface area contributed by atoms with E-state index < -0.39 is 10.0 Å². The van der Waals surface area contributed by atoms with Gasteiger partial charge in [-0.05, 0) is 75.2 Å². The van der Waals surface area contributed by atoms with Crippen LogP contribution in [0.2, 0.25) is 0 Å². The fourth-order valence-corrected chi connectivity index (χ4v) is 4.66. The number of thiocarbonyl (C=S) groups is 1. The molecule has 0 unspecified atom stereocenters. The largest absolute Gasteiger partial charge is 0.332 e. The van der Waals surface area contributed by atoms with E-state index in [1.165, 1.54) is 25.0 Å². The summed E-state index contributed by atoms with van der Waals surface area (Å²) in [6.45, 7) is 3.53. The molecule has 1 heterocycles. The van der Waals surface area contributed by atoms with Crippen molar-refractivity contribution in [3.05, 3.63) is 41.7 Å². The molecule has 1 aromatic carbocycles. The molecule has 0 bridgehead atoms. The lowest BCUT2D eigenvalue weighted by atomic mass is 10.0. The van der Waals surface area contributed by atoms with Crippen molar-refractivity contribution >= 4 is 44.9 Å². The first-order valence-electron chi connectivity index (χ1n) is 9.77. The summed E-state index contributed by atoms with van der Waals surface area (Å²) in [7, 11) is -3.83. The average Bonchev–Trinajstić information content (AvgIpc) is 3.13. The molecule has 0 radical (unpaired) electrons. The lowest BCUT2D eigenvalue weighted by Crippen LogP contribution is -2.34. The fourth-order valence-electron chi connectivity index (χ4n) is 3.48. The molecule has 160 valence electrons. The number of carbonyl (C=O) groups is 1. The highest BCUT2D eigenvalue weighted by molar-refractivity contribution is 7.92. The Labute approximate surface area is 182 Å². The van der Waals surface area contributed by atoms with Gasteiger partial charge in [-0.15, -0.1) is 0 Å². The van der Waals surface area contributed by atoms with Gasteiger partial charge in [0.05, 0.1) is 4.90 Å². The summed E-state index contributed by atoms with van der Waals surface area (Å²) in [6.07, 6.45) is 5.02. The molecule has 1 saturated carbocycles. The van der Waals surface area contributed by atoms with Gasteiger partial charge in [-0.2, -0.15) is 0 Å². The van der Waals surface area contributed by atoms with Crippen LogP contribution in [0.3, 0.4) is 0 Å². The van der Waals surface area contributed by atoms with Crippen molar-refractivity contribution in [2.75, 3.05) is 10.0 Å². The molecule has 1 fully saturated rings. The molecule has 1 amide bonds. The van der Waals surface area contributed by atoms with Crippen LogP contribution in [0.25, 0.3) is 0 Å². The zero-order valence-corrected chi connectivity index (χ0v) is 18.6. The van der Waals surface area contributed by atoms with Gasteiger partial charge in [-0.3, -0.25) is 4.79 Å². The Morgan fingerprint density at radius 2 is 1.70 bits per heavy atom. The maximum Gasteiger partial charge on any atom is 0.264 e. The van der Waals surface area contributed by atoms with E-state index in [9.17, 15) is 13.2 Å². The Morgan fingerprint density at radius 1 is 1.10 bits per heavy atom. The van der Waals surface area contributed by atoms with Crippen LogP contribution in [0.5, 0.6) is 0 Å². The molecule has 10 heteroatoms. The summed E-state index contributed by atoms with van der Waals surface area (Å²) in [5, 5.41) is 5.77. The summed E-state index contributed by atoms with van der Waals surface area (Å²) in [4.78, 5) is 20.3. The number of nitrogens with zero attached hydrogens (tertiary/aromatic N) is 2. The lowest BCUT2D eigenvalue weighted by molar-refractivity contribution is -0.120. The predicted octanol–water partition coefficient (Wildman–Crippen LogP) is 3.29. The van der Waals surface area contributed by atoms with Crippen molar-refractivity contribution < 1.29 is 13.2 Å². The Hall–Kier alpha value is -2.59. The molecule has 8 nitrogen and oxygen atoms in total. The third kappa shape index (κ3) is 6.20. The van der Waals surface area contributed by atoms with Gasteiger partial charge < -0.3 is 10.6 Å². The topological polar surface area (TPSA) is 113 Å². The zero-order valence-electron chi connectivity index (χ0n) is 16.9. The van der Waals surface area contributed by atoms with E-state index in [1.807, 2.05) is 0 Å². The summed E-state index contributed by atoms with van der Waals surface area (Å²) < 4.78 is 27.5. The van der Waals surface area contributed by atoms with E-state index >= 15 is 0 Å². The molecule has 0 spiro atoms. The van der Waals surface area contributed by atoms with Crippen LogP contribution in [0.4, 0.5) is 11.6 Å². The van der Waals surface area contributed by atoms with E-state index in [0.717, 1.165) is 12.8 Å². The monoisotopic (exact) mass is 447 g/mol. The van der Waals surface area contributed by atoms with Gasteiger partial charge in [0.2, 0.25) is 11.9 Å². The van der Waals surface area contributed by atoms with Crippen molar-refractivity contribution in [1.29, 1.82) is 0 Å². The molecule has 30 heavy (non-hydrogen) atoms. The van der Waals surface area contributed by atoms with Crippen molar-refractivity contribution in [2.24, 2.45) is 5.92 Å². The second-order valence-corrected chi connectivity index (χ2v) is 9.55. The Balaban J connectivity index is 1.58. The summed E-state index contributed by atoms with van der Waals surface area (Å²) in [5.74, 6) is 0.364. The van der Waals surface area contributed by atoms with Crippen LogP contribution in [-0.2, 0) is 14.8 Å². The molecule has 0 atom stereocenters. The molecule has 0 saturated heterocycles.